The topological polar surface area (TPSA) is 92.3 Å². The van der Waals surface area contributed by atoms with Gasteiger partial charge in [-0.15, -0.1) is 0 Å². The van der Waals surface area contributed by atoms with E-state index in [1.165, 1.54) is 24.3 Å². The molecule has 0 aromatic heterocycles. The maximum atomic E-state index is 12.6. The number of sulfonamides is 2. The predicted molar refractivity (Wildman–Crippen MR) is 116 cm³/mol. The quantitative estimate of drug-likeness (QED) is 0.592. The van der Waals surface area contributed by atoms with E-state index in [0.29, 0.717) is 16.9 Å². The molecule has 29 heavy (non-hydrogen) atoms. The highest BCUT2D eigenvalue weighted by molar-refractivity contribution is 7.92. The minimum absolute atomic E-state index is 0.0449. The van der Waals surface area contributed by atoms with E-state index < -0.39 is 20.0 Å². The van der Waals surface area contributed by atoms with E-state index in [0.717, 1.165) is 11.1 Å². The van der Waals surface area contributed by atoms with Gasteiger partial charge in [-0.25, -0.2) is 16.8 Å². The molecule has 152 valence electrons. The fourth-order valence-corrected chi connectivity index (χ4v) is 5.17. The van der Waals surface area contributed by atoms with Crippen molar-refractivity contribution in [3.05, 3.63) is 89.5 Å². The maximum Gasteiger partial charge on any atom is 0.261 e. The zero-order valence-corrected chi connectivity index (χ0v) is 17.7. The Kier molecular flexibility index (Phi) is 5.95. The lowest BCUT2D eigenvalue weighted by Crippen LogP contribution is -2.16. The first-order valence-electron chi connectivity index (χ1n) is 8.89. The molecule has 0 radical (unpaired) electrons. The summed E-state index contributed by atoms with van der Waals surface area (Å²) in [5.41, 5.74) is 3.32. The first-order valence-corrected chi connectivity index (χ1v) is 12.0. The molecule has 8 heteroatoms. The molecule has 0 atom stereocenters. The number of hydrogen-bond acceptors (Lipinski definition) is 4. The number of rotatable bonds is 7. The fourth-order valence-electron chi connectivity index (χ4n) is 2.84. The molecule has 0 heterocycles. The number of anilines is 2. The molecule has 2 N–H and O–H groups in total. The van der Waals surface area contributed by atoms with Crippen LogP contribution in [0.1, 0.15) is 16.7 Å². The van der Waals surface area contributed by atoms with Crippen LogP contribution in [0, 0.1) is 13.8 Å². The van der Waals surface area contributed by atoms with Gasteiger partial charge in [0.15, 0.2) is 0 Å². The molecule has 0 fully saturated rings. The van der Waals surface area contributed by atoms with Gasteiger partial charge < -0.3 is 0 Å². The lowest BCUT2D eigenvalue weighted by atomic mass is 10.1. The molecule has 0 saturated heterocycles. The second-order valence-electron chi connectivity index (χ2n) is 6.79. The number of hydrogen-bond donors (Lipinski definition) is 2. The van der Waals surface area contributed by atoms with Crippen molar-refractivity contribution in [2.24, 2.45) is 0 Å². The van der Waals surface area contributed by atoms with Crippen LogP contribution in [0.5, 0.6) is 0 Å². The molecule has 3 aromatic rings. The van der Waals surface area contributed by atoms with E-state index in [2.05, 4.69) is 9.44 Å². The zero-order valence-electron chi connectivity index (χ0n) is 16.1. The summed E-state index contributed by atoms with van der Waals surface area (Å²) in [4.78, 5) is 0.0449. The summed E-state index contributed by atoms with van der Waals surface area (Å²) in [7, 11) is -7.39. The molecule has 3 rings (SSSR count). The Morgan fingerprint density at radius 2 is 1.41 bits per heavy atom. The molecule has 0 unspecified atom stereocenters. The minimum Gasteiger partial charge on any atom is -0.283 e. The van der Waals surface area contributed by atoms with Gasteiger partial charge >= 0.3 is 0 Å². The standard InChI is InChI=1S/C21H22N2O4S2/c1-16-8-13-21(17(2)14-16)23-29(26,27)20-11-9-19(10-12-20)22-28(24,25)15-18-6-4-3-5-7-18/h3-14,22-23H,15H2,1-2H3. The number of aryl methyl sites for hydroxylation is 2. The van der Waals surface area contributed by atoms with Gasteiger partial charge in [0, 0.05) is 5.69 Å². The van der Waals surface area contributed by atoms with E-state index in [1.54, 1.807) is 30.3 Å². The van der Waals surface area contributed by atoms with Crippen molar-refractivity contribution >= 4 is 31.4 Å². The molecule has 0 spiro atoms. The van der Waals surface area contributed by atoms with Crippen molar-refractivity contribution in [2.45, 2.75) is 24.5 Å². The van der Waals surface area contributed by atoms with E-state index >= 15 is 0 Å². The molecule has 6 nitrogen and oxygen atoms in total. The summed E-state index contributed by atoms with van der Waals surface area (Å²) in [5.74, 6) is -0.165. The second kappa shape index (κ2) is 8.26. The Morgan fingerprint density at radius 3 is 2.03 bits per heavy atom. The molecule has 0 aliphatic rings. The summed E-state index contributed by atoms with van der Waals surface area (Å²) in [6.45, 7) is 3.76. The third kappa shape index (κ3) is 5.58. The van der Waals surface area contributed by atoms with Crippen molar-refractivity contribution in [3.63, 3.8) is 0 Å². The average molecular weight is 431 g/mol. The second-order valence-corrected chi connectivity index (χ2v) is 10.2. The minimum atomic E-state index is -3.78. The molecule has 0 amide bonds. The summed E-state index contributed by atoms with van der Waals surface area (Å²) in [5, 5.41) is 0. The monoisotopic (exact) mass is 430 g/mol. The summed E-state index contributed by atoms with van der Waals surface area (Å²) in [6, 6.07) is 19.8. The lowest BCUT2D eigenvalue weighted by molar-refractivity contribution is 0.599. The Bertz CT molecular complexity index is 1210. The van der Waals surface area contributed by atoms with Crippen molar-refractivity contribution in [1.82, 2.24) is 0 Å². The summed E-state index contributed by atoms with van der Waals surface area (Å²) >= 11 is 0. The van der Waals surface area contributed by atoms with Gasteiger partial charge in [0.25, 0.3) is 10.0 Å². The fraction of sp³-hybridized carbons (Fsp3) is 0.143. The van der Waals surface area contributed by atoms with Crippen molar-refractivity contribution in [1.29, 1.82) is 0 Å². The summed E-state index contributed by atoms with van der Waals surface area (Å²) < 4.78 is 54.9. The zero-order chi connectivity index (χ0) is 21.1. The molecular formula is C21H22N2O4S2. The normalized spacial score (nSPS) is 11.8. The van der Waals surface area contributed by atoms with Gasteiger partial charge in [0.05, 0.1) is 16.3 Å². The van der Waals surface area contributed by atoms with Crippen molar-refractivity contribution in [3.8, 4) is 0 Å². The van der Waals surface area contributed by atoms with Crippen LogP contribution in [0.25, 0.3) is 0 Å². The number of benzene rings is 3. The van der Waals surface area contributed by atoms with Crippen LogP contribution in [0.2, 0.25) is 0 Å². The third-order valence-corrected chi connectivity index (χ3v) is 6.91. The van der Waals surface area contributed by atoms with Crippen LogP contribution in [-0.2, 0) is 25.8 Å². The van der Waals surface area contributed by atoms with Crippen LogP contribution in [0.4, 0.5) is 11.4 Å². The molecule has 0 saturated carbocycles. The molecule has 0 aliphatic heterocycles. The lowest BCUT2D eigenvalue weighted by Gasteiger charge is -2.12. The largest absolute Gasteiger partial charge is 0.283 e. The molecule has 0 aliphatic carbocycles. The highest BCUT2D eigenvalue weighted by Crippen LogP contribution is 2.22. The Balaban J connectivity index is 1.73. The first kappa shape index (κ1) is 20.9. The number of nitrogens with one attached hydrogen (secondary N) is 2. The van der Waals surface area contributed by atoms with Crippen molar-refractivity contribution < 1.29 is 16.8 Å². The van der Waals surface area contributed by atoms with Gasteiger partial charge in [0.1, 0.15) is 0 Å². The van der Waals surface area contributed by atoms with Gasteiger partial charge in [-0.3, -0.25) is 9.44 Å². The van der Waals surface area contributed by atoms with Gasteiger partial charge in [-0.05, 0) is 55.3 Å². The smallest absolute Gasteiger partial charge is 0.261 e. The average Bonchev–Trinajstić information content (AvgIpc) is 2.64. The molecule has 3 aromatic carbocycles. The highest BCUT2D eigenvalue weighted by atomic mass is 32.2. The van der Waals surface area contributed by atoms with Crippen LogP contribution in [0.15, 0.2) is 77.7 Å². The molecule has 0 bridgehead atoms. The van der Waals surface area contributed by atoms with Crippen LogP contribution in [0.3, 0.4) is 0 Å². The van der Waals surface area contributed by atoms with Gasteiger partial charge in [-0.2, -0.15) is 0 Å². The van der Waals surface area contributed by atoms with Crippen LogP contribution in [-0.4, -0.2) is 16.8 Å². The Morgan fingerprint density at radius 1 is 0.759 bits per heavy atom. The predicted octanol–water partition coefficient (Wildman–Crippen LogP) is 4.05. The van der Waals surface area contributed by atoms with Crippen LogP contribution < -0.4 is 9.44 Å². The Labute approximate surface area is 171 Å². The van der Waals surface area contributed by atoms with Crippen LogP contribution >= 0.6 is 0 Å². The van der Waals surface area contributed by atoms with Gasteiger partial charge in [0.2, 0.25) is 10.0 Å². The van der Waals surface area contributed by atoms with E-state index in [9.17, 15) is 16.8 Å². The molecular weight excluding hydrogens is 408 g/mol. The van der Waals surface area contributed by atoms with E-state index in [1.807, 2.05) is 32.0 Å². The SMILES string of the molecule is Cc1ccc(NS(=O)(=O)c2ccc(NS(=O)(=O)Cc3ccccc3)cc2)c(C)c1. The third-order valence-electron chi connectivity index (χ3n) is 4.26. The highest BCUT2D eigenvalue weighted by Gasteiger charge is 2.16. The van der Waals surface area contributed by atoms with E-state index in [-0.39, 0.29) is 10.6 Å². The van der Waals surface area contributed by atoms with E-state index in [4.69, 9.17) is 0 Å². The summed E-state index contributed by atoms with van der Waals surface area (Å²) in [6.07, 6.45) is 0. The first-order chi connectivity index (χ1) is 13.6. The van der Waals surface area contributed by atoms with Gasteiger partial charge in [-0.1, -0.05) is 48.0 Å². The van der Waals surface area contributed by atoms with Crippen molar-refractivity contribution in [2.75, 3.05) is 9.44 Å². The maximum absolute atomic E-state index is 12.6. The Hall–Kier alpha value is -2.84.